The van der Waals surface area contributed by atoms with Crippen molar-refractivity contribution in [2.75, 3.05) is 6.54 Å². The van der Waals surface area contributed by atoms with Crippen LogP contribution in [0.5, 0.6) is 0 Å². The van der Waals surface area contributed by atoms with Gasteiger partial charge in [-0.05, 0) is 17.9 Å². The Kier molecular flexibility index (Phi) is 6.79. The van der Waals surface area contributed by atoms with Crippen LogP contribution in [-0.4, -0.2) is 38.0 Å². The lowest BCUT2D eigenvalue weighted by molar-refractivity contribution is -0.142. The number of thiophene rings is 1. The maximum Gasteiger partial charge on any atom is 0.326 e. The van der Waals surface area contributed by atoms with Gasteiger partial charge in [-0.15, -0.1) is 11.3 Å². The summed E-state index contributed by atoms with van der Waals surface area (Å²) in [5.41, 5.74) is 0. The highest BCUT2D eigenvalue weighted by atomic mass is 32.2. The van der Waals surface area contributed by atoms with Gasteiger partial charge in [0, 0.05) is 13.0 Å². The quantitative estimate of drug-likeness (QED) is 0.618. The zero-order chi connectivity index (χ0) is 15.9. The fourth-order valence-electron chi connectivity index (χ4n) is 1.60. The van der Waals surface area contributed by atoms with Gasteiger partial charge < -0.3 is 10.4 Å². The lowest BCUT2D eigenvalue weighted by Crippen LogP contribution is -2.41. The first-order valence-electron chi connectivity index (χ1n) is 6.42. The van der Waals surface area contributed by atoms with Crippen LogP contribution in [0.15, 0.2) is 21.7 Å². The third-order valence-corrected chi connectivity index (χ3v) is 5.47. The van der Waals surface area contributed by atoms with E-state index in [2.05, 4.69) is 10.0 Å². The SMILES string of the molecule is CCC[C@H](NC(=O)CCNS(=O)(=O)c1cccs1)C(=O)O. The van der Waals surface area contributed by atoms with Crippen molar-refractivity contribution in [3.63, 3.8) is 0 Å². The van der Waals surface area contributed by atoms with Gasteiger partial charge in [0.05, 0.1) is 0 Å². The molecule has 1 heterocycles. The number of aliphatic carboxylic acids is 1. The van der Waals surface area contributed by atoms with Crippen molar-refractivity contribution in [2.24, 2.45) is 0 Å². The van der Waals surface area contributed by atoms with Crippen molar-refractivity contribution in [3.05, 3.63) is 17.5 Å². The highest BCUT2D eigenvalue weighted by molar-refractivity contribution is 7.91. The van der Waals surface area contributed by atoms with E-state index >= 15 is 0 Å². The van der Waals surface area contributed by atoms with Gasteiger partial charge in [-0.3, -0.25) is 4.79 Å². The molecule has 0 aliphatic carbocycles. The van der Waals surface area contributed by atoms with E-state index in [1.165, 1.54) is 6.07 Å². The second kappa shape index (κ2) is 8.11. The van der Waals surface area contributed by atoms with Gasteiger partial charge >= 0.3 is 5.97 Å². The van der Waals surface area contributed by atoms with Crippen LogP contribution in [-0.2, 0) is 19.6 Å². The average Bonchev–Trinajstić information content (AvgIpc) is 2.92. The molecule has 118 valence electrons. The van der Waals surface area contributed by atoms with Crippen molar-refractivity contribution in [1.29, 1.82) is 0 Å². The van der Waals surface area contributed by atoms with E-state index in [1.807, 2.05) is 6.92 Å². The third-order valence-electron chi connectivity index (χ3n) is 2.61. The molecule has 1 atom stereocenters. The van der Waals surface area contributed by atoms with Gasteiger partial charge in [-0.25, -0.2) is 17.9 Å². The molecule has 0 saturated heterocycles. The van der Waals surface area contributed by atoms with Gasteiger partial charge in [-0.1, -0.05) is 19.4 Å². The van der Waals surface area contributed by atoms with Crippen molar-refractivity contribution in [1.82, 2.24) is 10.0 Å². The number of sulfonamides is 1. The van der Waals surface area contributed by atoms with E-state index in [0.29, 0.717) is 12.8 Å². The molecule has 21 heavy (non-hydrogen) atoms. The Morgan fingerprint density at radius 1 is 1.43 bits per heavy atom. The smallest absolute Gasteiger partial charge is 0.326 e. The Labute approximate surface area is 127 Å². The lowest BCUT2D eigenvalue weighted by atomic mass is 10.1. The molecule has 1 rings (SSSR count). The number of rotatable bonds is 9. The monoisotopic (exact) mass is 334 g/mol. The highest BCUT2D eigenvalue weighted by Gasteiger charge is 2.19. The normalized spacial score (nSPS) is 12.8. The van der Waals surface area contributed by atoms with Crippen molar-refractivity contribution >= 4 is 33.2 Å². The maximum atomic E-state index is 11.8. The Morgan fingerprint density at radius 3 is 2.67 bits per heavy atom. The number of carbonyl (C=O) groups excluding carboxylic acids is 1. The molecular weight excluding hydrogens is 316 g/mol. The summed E-state index contributed by atoms with van der Waals surface area (Å²) in [5.74, 6) is -1.59. The molecule has 0 unspecified atom stereocenters. The minimum Gasteiger partial charge on any atom is -0.480 e. The number of hydrogen-bond acceptors (Lipinski definition) is 5. The number of nitrogens with one attached hydrogen (secondary N) is 2. The van der Waals surface area contributed by atoms with E-state index in [0.717, 1.165) is 11.3 Å². The molecule has 1 aromatic rings. The van der Waals surface area contributed by atoms with Crippen molar-refractivity contribution in [3.8, 4) is 0 Å². The number of carboxylic acids is 1. The molecule has 0 radical (unpaired) electrons. The average molecular weight is 334 g/mol. The van der Waals surface area contributed by atoms with Crippen LogP contribution in [0.3, 0.4) is 0 Å². The van der Waals surface area contributed by atoms with E-state index in [-0.39, 0.29) is 17.2 Å². The molecule has 0 fully saturated rings. The number of carboxylic acid groups (broad SMARTS) is 1. The second-order valence-corrected chi connectivity index (χ2v) is 7.27. The fraction of sp³-hybridized carbons (Fsp3) is 0.500. The third kappa shape index (κ3) is 5.82. The summed E-state index contributed by atoms with van der Waals surface area (Å²) in [6.07, 6.45) is 0.850. The van der Waals surface area contributed by atoms with E-state index < -0.39 is 27.9 Å². The summed E-state index contributed by atoms with van der Waals surface area (Å²) >= 11 is 1.08. The van der Waals surface area contributed by atoms with Crippen LogP contribution < -0.4 is 10.0 Å². The number of carbonyl (C=O) groups is 2. The van der Waals surface area contributed by atoms with Gasteiger partial charge in [-0.2, -0.15) is 0 Å². The zero-order valence-corrected chi connectivity index (χ0v) is 13.2. The Balaban J connectivity index is 2.42. The fourth-order valence-corrected chi connectivity index (χ4v) is 3.67. The minimum atomic E-state index is -3.60. The largest absolute Gasteiger partial charge is 0.480 e. The first-order chi connectivity index (χ1) is 9.86. The van der Waals surface area contributed by atoms with E-state index in [9.17, 15) is 18.0 Å². The van der Waals surface area contributed by atoms with Crippen LogP contribution in [0.4, 0.5) is 0 Å². The second-order valence-electron chi connectivity index (χ2n) is 4.33. The summed E-state index contributed by atoms with van der Waals surface area (Å²) in [4.78, 5) is 22.5. The van der Waals surface area contributed by atoms with Crippen LogP contribution >= 0.6 is 11.3 Å². The topological polar surface area (TPSA) is 113 Å². The molecule has 0 aliphatic heterocycles. The highest BCUT2D eigenvalue weighted by Crippen LogP contribution is 2.14. The molecule has 7 nitrogen and oxygen atoms in total. The number of hydrogen-bond donors (Lipinski definition) is 3. The summed E-state index contributed by atoms with van der Waals surface area (Å²) in [6, 6.07) is 2.15. The maximum absolute atomic E-state index is 11.8. The molecule has 0 aliphatic rings. The van der Waals surface area contributed by atoms with Gasteiger partial charge in [0.25, 0.3) is 0 Å². The summed E-state index contributed by atoms with van der Waals surface area (Å²) in [5, 5.41) is 12.9. The molecule has 0 aromatic carbocycles. The van der Waals surface area contributed by atoms with Gasteiger partial charge in [0.1, 0.15) is 10.3 Å². The molecule has 3 N–H and O–H groups in total. The molecule has 0 saturated carbocycles. The summed E-state index contributed by atoms with van der Waals surface area (Å²) in [6.45, 7) is 1.74. The summed E-state index contributed by atoms with van der Waals surface area (Å²) in [7, 11) is -3.60. The number of amides is 1. The molecule has 0 bridgehead atoms. The van der Waals surface area contributed by atoms with E-state index in [4.69, 9.17) is 5.11 Å². The molecular formula is C12H18N2O5S2. The minimum absolute atomic E-state index is 0.0788. The molecule has 1 amide bonds. The van der Waals surface area contributed by atoms with Crippen molar-refractivity contribution in [2.45, 2.75) is 36.4 Å². The lowest BCUT2D eigenvalue weighted by Gasteiger charge is -2.13. The van der Waals surface area contributed by atoms with Crippen LogP contribution in [0.1, 0.15) is 26.2 Å². The molecule has 9 heteroatoms. The Hall–Kier alpha value is -1.45. The first-order valence-corrected chi connectivity index (χ1v) is 8.78. The Bertz CT molecular complexity index is 568. The van der Waals surface area contributed by atoms with E-state index in [1.54, 1.807) is 11.4 Å². The van der Waals surface area contributed by atoms with Crippen LogP contribution in [0, 0.1) is 0 Å². The van der Waals surface area contributed by atoms with Crippen molar-refractivity contribution < 1.29 is 23.1 Å². The molecule has 0 spiro atoms. The standard InChI is InChI=1S/C12H18N2O5S2/c1-2-4-9(12(16)17)14-10(15)6-7-13-21(18,19)11-5-3-8-20-11/h3,5,8-9,13H,2,4,6-7H2,1H3,(H,14,15)(H,16,17)/t9-/m0/s1. The van der Waals surface area contributed by atoms with Crippen LogP contribution in [0.2, 0.25) is 0 Å². The predicted molar refractivity (Wildman–Crippen MR) is 78.6 cm³/mol. The predicted octanol–water partition coefficient (Wildman–Crippen LogP) is 0.786. The summed E-state index contributed by atoms with van der Waals surface area (Å²) < 4.78 is 26.0. The Morgan fingerprint density at radius 2 is 2.14 bits per heavy atom. The zero-order valence-electron chi connectivity index (χ0n) is 11.5. The first kappa shape index (κ1) is 17.6. The molecule has 1 aromatic heterocycles. The van der Waals surface area contributed by atoms with Gasteiger partial charge in [0.2, 0.25) is 15.9 Å². The van der Waals surface area contributed by atoms with Gasteiger partial charge in [0.15, 0.2) is 0 Å². The van der Waals surface area contributed by atoms with Crippen LogP contribution in [0.25, 0.3) is 0 Å².